The van der Waals surface area contributed by atoms with Crippen LogP contribution in [0.15, 0.2) is 52.7 Å². The Morgan fingerprint density at radius 1 is 1.13 bits per heavy atom. The molecule has 0 spiro atoms. The number of nitrogens with one attached hydrogen (secondary N) is 1. The van der Waals surface area contributed by atoms with Crippen molar-refractivity contribution in [3.05, 3.63) is 59.1 Å². The van der Waals surface area contributed by atoms with Crippen molar-refractivity contribution in [3.8, 4) is 0 Å². The van der Waals surface area contributed by atoms with Crippen molar-refractivity contribution in [2.24, 2.45) is 4.99 Å². The predicted molar refractivity (Wildman–Crippen MR) is 90.1 cm³/mol. The Labute approximate surface area is 134 Å². The third-order valence-electron chi connectivity index (χ3n) is 2.96. The average molecular weight is 310 g/mol. The second kappa shape index (κ2) is 7.31. The largest absolute Gasteiger partial charge is 0.512 e. The lowest BCUT2D eigenvalue weighted by atomic mass is 10.2. The number of hydrogen-bond donors (Lipinski definition) is 2. The Balaban J connectivity index is 2.19. The SMILES string of the molecule is C/C(O)=C(/C=N/c1cccc(C)n1)C(=O)Nc1cccc(C)n1. The van der Waals surface area contributed by atoms with Crippen molar-refractivity contribution >= 4 is 23.8 Å². The lowest BCUT2D eigenvalue weighted by Gasteiger charge is -2.06. The number of aromatic nitrogens is 2. The van der Waals surface area contributed by atoms with E-state index in [9.17, 15) is 9.90 Å². The summed E-state index contributed by atoms with van der Waals surface area (Å²) in [5.41, 5.74) is 1.66. The first kappa shape index (κ1) is 16.4. The van der Waals surface area contributed by atoms with Crippen LogP contribution in [0.4, 0.5) is 11.6 Å². The molecule has 0 fully saturated rings. The van der Waals surface area contributed by atoms with Crippen LogP contribution in [0.1, 0.15) is 18.3 Å². The number of nitrogens with zero attached hydrogens (tertiary/aromatic N) is 3. The second-order valence-corrected chi connectivity index (χ2v) is 5.01. The van der Waals surface area contributed by atoms with Gasteiger partial charge in [-0.15, -0.1) is 0 Å². The van der Waals surface area contributed by atoms with Gasteiger partial charge in [-0.05, 0) is 45.0 Å². The van der Waals surface area contributed by atoms with E-state index in [1.54, 1.807) is 18.2 Å². The van der Waals surface area contributed by atoms with E-state index in [-0.39, 0.29) is 11.3 Å². The molecule has 23 heavy (non-hydrogen) atoms. The molecule has 2 heterocycles. The molecule has 0 aliphatic heterocycles. The third kappa shape index (κ3) is 4.74. The molecule has 0 radical (unpaired) electrons. The van der Waals surface area contributed by atoms with Crippen molar-refractivity contribution in [2.45, 2.75) is 20.8 Å². The van der Waals surface area contributed by atoms with E-state index in [2.05, 4.69) is 20.3 Å². The second-order valence-electron chi connectivity index (χ2n) is 5.01. The molecule has 1 amide bonds. The van der Waals surface area contributed by atoms with E-state index in [4.69, 9.17) is 0 Å². The van der Waals surface area contributed by atoms with Crippen molar-refractivity contribution in [1.82, 2.24) is 9.97 Å². The van der Waals surface area contributed by atoms with Crippen LogP contribution in [0, 0.1) is 13.8 Å². The van der Waals surface area contributed by atoms with Crippen LogP contribution in [0.5, 0.6) is 0 Å². The highest BCUT2D eigenvalue weighted by Crippen LogP contribution is 2.11. The van der Waals surface area contributed by atoms with Gasteiger partial charge in [0.05, 0.1) is 5.57 Å². The molecule has 118 valence electrons. The zero-order chi connectivity index (χ0) is 16.8. The lowest BCUT2D eigenvalue weighted by molar-refractivity contribution is -0.112. The van der Waals surface area contributed by atoms with Gasteiger partial charge in [0.15, 0.2) is 5.82 Å². The zero-order valence-electron chi connectivity index (χ0n) is 13.2. The first-order valence-corrected chi connectivity index (χ1v) is 7.08. The van der Waals surface area contributed by atoms with E-state index in [1.807, 2.05) is 32.0 Å². The average Bonchev–Trinajstić information content (AvgIpc) is 2.47. The third-order valence-corrected chi connectivity index (χ3v) is 2.96. The standard InChI is InChI=1S/C17H18N4O2/c1-11-6-4-8-15(19-11)18-10-14(13(3)22)17(23)21-16-9-5-7-12(2)20-16/h4-10,22H,1-3H3,(H,20,21,23)/b14-13+,18-10+. The maximum absolute atomic E-state index is 12.3. The van der Waals surface area contributed by atoms with Gasteiger partial charge in [0, 0.05) is 17.6 Å². The molecule has 0 saturated carbocycles. The topological polar surface area (TPSA) is 87.5 Å². The summed E-state index contributed by atoms with van der Waals surface area (Å²) in [6.07, 6.45) is 1.29. The van der Waals surface area contributed by atoms with Crippen LogP contribution in [0.25, 0.3) is 0 Å². The maximum atomic E-state index is 12.3. The fourth-order valence-corrected chi connectivity index (χ4v) is 1.84. The molecule has 6 heteroatoms. The number of pyridine rings is 2. The van der Waals surface area contributed by atoms with Gasteiger partial charge >= 0.3 is 0 Å². The molecule has 0 atom stereocenters. The molecule has 2 rings (SSSR count). The van der Waals surface area contributed by atoms with Crippen LogP contribution in [0.2, 0.25) is 0 Å². The molecule has 0 saturated heterocycles. The van der Waals surface area contributed by atoms with E-state index in [0.717, 1.165) is 11.4 Å². The van der Waals surface area contributed by atoms with Crippen molar-refractivity contribution in [1.29, 1.82) is 0 Å². The van der Waals surface area contributed by atoms with Crippen LogP contribution in [-0.2, 0) is 4.79 Å². The molecule has 2 aromatic heterocycles. The highest BCUT2D eigenvalue weighted by Gasteiger charge is 2.12. The van der Waals surface area contributed by atoms with Gasteiger partial charge < -0.3 is 10.4 Å². The quantitative estimate of drug-likeness (QED) is 0.515. The summed E-state index contributed by atoms with van der Waals surface area (Å²) in [6.45, 7) is 5.10. The van der Waals surface area contributed by atoms with Gasteiger partial charge in [-0.25, -0.2) is 15.0 Å². The first-order valence-electron chi connectivity index (χ1n) is 7.08. The number of hydrogen-bond acceptors (Lipinski definition) is 5. The molecule has 2 N–H and O–H groups in total. The Bertz CT molecular complexity index is 778. The van der Waals surface area contributed by atoms with E-state index in [0.29, 0.717) is 11.6 Å². The summed E-state index contributed by atoms with van der Waals surface area (Å²) in [4.78, 5) is 24.8. The van der Waals surface area contributed by atoms with Crippen molar-refractivity contribution in [3.63, 3.8) is 0 Å². The van der Waals surface area contributed by atoms with Crippen molar-refractivity contribution in [2.75, 3.05) is 5.32 Å². The highest BCUT2D eigenvalue weighted by atomic mass is 16.3. The number of rotatable bonds is 4. The van der Waals surface area contributed by atoms with Gasteiger partial charge in [0.2, 0.25) is 0 Å². The molecule has 0 aromatic carbocycles. The first-order chi connectivity index (χ1) is 11.0. The van der Waals surface area contributed by atoms with Gasteiger partial charge in [0.25, 0.3) is 5.91 Å². The molecule has 2 aromatic rings. The predicted octanol–water partition coefficient (Wildman–Crippen LogP) is 3.27. The summed E-state index contributed by atoms with van der Waals surface area (Å²) >= 11 is 0. The normalized spacial score (nSPS) is 12.1. The summed E-state index contributed by atoms with van der Waals surface area (Å²) in [6, 6.07) is 10.7. The zero-order valence-corrected chi connectivity index (χ0v) is 13.2. The number of aliphatic hydroxyl groups excluding tert-OH is 1. The number of carbonyl (C=O) groups is 1. The maximum Gasteiger partial charge on any atom is 0.261 e. The van der Waals surface area contributed by atoms with Crippen LogP contribution in [-0.4, -0.2) is 27.2 Å². The summed E-state index contributed by atoms with van der Waals surface area (Å²) in [5.74, 6) is 0.257. The van der Waals surface area contributed by atoms with Gasteiger partial charge in [0.1, 0.15) is 11.6 Å². The lowest BCUT2D eigenvalue weighted by Crippen LogP contribution is -2.17. The number of amides is 1. The summed E-state index contributed by atoms with van der Waals surface area (Å²) in [5, 5.41) is 12.4. The molecular formula is C17H18N4O2. The molecule has 0 aliphatic carbocycles. The van der Waals surface area contributed by atoms with E-state index >= 15 is 0 Å². The van der Waals surface area contributed by atoms with Crippen molar-refractivity contribution < 1.29 is 9.90 Å². The summed E-state index contributed by atoms with van der Waals surface area (Å²) < 4.78 is 0. The number of anilines is 1. The Morgan fingerprint density at radius 2 is 1.78 bits per heavy atom. The Hall–Kier alpha value is -3.02. The Morgan fingerprint density at radius 3 is 2.39 bits per heavy atom. The fraction of sp³-hybridized carbons (Fsp3) is 0.176. The summed E-state index contributed by atoms with van der Waals surface area (Å²) in [7, 11) is 0. The minimum absolute atomic E-state index is 0.0524. The number of aliphatic imine (C=N–C) groups is 1. The fourth-order valence-electron chi connectivity index (χ4n) is 1.84. The van der Waals surface area contributed by atoms with E-state index in [1.165, 1.54) is 13.1 Å². The minimum atomic E-state index is -0.487. The number of carbonyl (C=O) groups excluding carboxylic acids is 1. The van der Waals surface area contributed by atoms with Gasteiger partial charge in [-0.2, -0.15) is 0 Å². The van der Waals surface area contributed by atoms with Gasteiger partial charge in [-0.1, -0.05) is 12.1 Å². The van der Waals surface area contributed by atoms with Crippen LogP contribution < -0.4 is 5.32 Å². The molecular weight excluding hydrogens is 292 g/mol. The molecule has 0 aliphatic rings. The number of allylic oxidation sites excluding steroid dienone is 1. The minimum Gasteiger partial charge on any atom is -0.512 e. The van der Waals surface area contributed by atoms with Crippen LogP contribution in [0.3, 0.4) is 0 Å². The van der Waals surface area contributed by atoms with Gasteiger partial charge in [-0.3, -0.25) is 4.79 Å². The molecule has 0 bridgehead atoms. The van der Waals surface area contributed by atoms with Crippen LogP contribution >= 0.6 is 0 Å². The Kier molecular flexibility index (Phi) is 5.19. The van der Waals surface area contributed by atoms with E-state index < -0.39 is 5.91 Å². The number of aliphatic hydroxyl groups is 1. The highest BCUT2D eigenvalue weighted by molar-refractivity contribution is 6.18. The smallest absolute Gasteiger partial charge is 0.261 e. The molecule has 0 unspecified atom stereocenters. The molecule has 6 nitrogen and oxygen atoms in total. The monoisotopic (exact) mass is 310 g/mol. The number of aryl methyl sites for hydroxylation is 2.